The molecule has 0 amide bonds. The molecule has 0 saturated carbocycles. The molecular weight excluding hydrogens is 536 g/mol. The summed E-state index contributed by atoms with van der Waals surface area (Å²) >= 11 is 12.4. The van der Waals surface area contributed by atoms with Gasteiger partial charge in [-0.05, 0) is 37.2 Å². The van der Waals surface area contributed by atoms with Crippen LogP contribution in [-0.2, 0) is 52.1 Å². The summed E-state index contributed by atoms with van der Waals surface area (Å²) in [6.07, 6.45) is 10.8. The van der Waals surface area contributed by atoms with E-state index in [0.29, 0.717) is 13.2 Å². The number of rotatable bonds is 18. The predicted octanol–water partition coefficient (Wildman–Crippen LogP) is 6.62. The van der Waals surface area contributed by atoms with Crippen molar-refractivity contribution in [3.63, 3.8) is 0 Å². The SMILES string of the molecule is CCCCCOP([O-])(=S)SCCCC.CCCCCOP([O-])(=S)SCCCC.[Zn+2]. The van der Waals surface area contributed by atoms with Crippen molar-refractivity contribution in [3.05, 3.63) is 0 Å². The fourth-order valence-corrected chi connectivity index (χ4v) is 8.71. The quantitative estimate of drug-likeness (QED) is 0.103. The maximum absolute atomic E-state index is 11.6. The zero-order valence-electron chi connectivity index (χ0n) is 18.8. The van der Waals surface area contributed by atoms with Gasteiger partial charge in [0, 0.05) is 11.4 Å². The minimum absolute atomic E-state index is 0. The van der Waals surface area contributed by atoms with Crippen LogP contribution in [0.25, 0.3) is 0 Å². The van der Waals surface area contributed by atoms with Gasteiger partial charge in [-0.2, -0.15) is 0 Å². The van der Waals surface area contributed by atoms with E-state index in [9.17, 15) is 9.79 Å². The summed E-state index contributed by atoms with van der Waals surface area (Å²) in [6, 6.07) is 0. The first-order valence-electron chi connectivity index (χ1n) is 10.4. The van der Waals surface area contributed by atoms with Crippen LogP contribution in [0.3, 0.4) is 0 Å². The fourth-order valence-electron chi connectivity index (χ4n) is 1.77. The van der Waals surface area contributed by atoms with E-state index in [1.54, 1.807) is 0 Å². The van der Waals surface area contributed by atoms with Crippen LogP contribution in [0.1, 0.15) is 91.9 Å². The van der Waals surface area contributed by atoms with Crippen molar-refractivity contribution in [2.75, 3.05) is 24.7 Å². The monoisotopic (exact) mass is 574 g/mol. The Morgan fingerprint density at radius 3 is 1.21 bits per heavy atom. The van der Waals surface area contributed by atoms with Crippen molar-refractivity contribution in [2.24, 2.45) is 0 Å². The summed E-state index contributed by atoms with van der Waals surface area (Å²) < 4.78 is 10.4. The maximum atomic E-state index is 11.6. The smallest absolute Gasteiger partial charge is 0.793 e. The van der Waals surface area contributed by atoms with Crippen LogP contribution in [0.15, 0.2) is 0 Å². The van der Waals surface area contributed by atoms with Gasteiger partial charge in [-0.1, -0.05) is 89.8 Å². The molecule has 0 aliphatic heterocycles. The summed E-state index contributed by atoms with van der Waals surface area (Å²) in [6.45, 7) is 9.57. The predicted molar refractivity (Wildman–Crippen MR) is 134 cm³/mol. The average molecular weight is 576 g/mol. The Hall–Kier alpha value is 2.46. The normalized spacial score (nSPS) is 14.8. The summed E-state index contributed by atoms with van der Waals surface area (Å²) in [5.41, 5.74) is -5.52. The van der Waals surface area contributed by atoms with Gasteiger partial charge in [-0.25, -0.2) is 0 Å². The third kappa shape index (κ3) is 30.5. The molecule has 2 unspecified atom stereocenters. The van der Waals surface area contributed by atoms with Crippen LogP contribution < -0.4 is 9.79 Å². The van der Waals surface area contributed by atoms with Crippen molar-refractivity contribution < 1.29 is 38.3 Å². The van der Waals surface area contributed by atoms with E-state index < -0.39 is 11.4 Å². The van der Waals surface area contributed by atoms with E-state index in [2.05, 4.69) is 27.7 Å². The molecule has 0 spiro atoms. The molecule has 0 radical (unpaired) electrons. The standard InChI is InChI=1S/2C9H21O2PS2.Zn/c2*1-3-5-7-8-11-12(10,13)14-9-6-4-2;/h2*3-9H2,1-2H3,(H,10,13);/q;;+2/p-2. The molecule has 0 aliphatic rings. The molecule has 0 saturated heterocycles. The van der Waals surface area contributed by atoms with Gasteiger partial charge < -0.3 is 18.8 Å². The first-order chi connectivity index (χ1) is 13.2. The van der Waals surface area contributed by atoms with Crippen LogP contribution in [0.2, 0.25) is 0 Å². The molecule has 172 valence electrons. The Kier molecular flexibility index (Phi) is 31.2. The van der Waals surface area contributed by atoms with Gasteiger partial charge in [0.25, 0.3) is 0 Å². The van der Waals surface area contributed by atoms with Gasteiger partial charge in [0.05, 0.1) is 13.2 Å². The van der Waals surface area contributed by atoms with E-state index in [1.807, 2.05) is 0 Å². The van der Waals surface area contributed by atoms with Crippen LogP contribution in [0.5, 0.6) is 0 Å². The molecule has 0 aromatic heterocycles. The van der Waals surface area contributed by atoms with Gasteiger partial charge in [0.1, 0.15) is 0 Å². The molecule has 0 aromatic rings. The van der Waals surface area contributed by atoms with Crippen molar-refractivity contribution in [3.8, 4) is 0 Å². The molecule has 0 fully saturated rings. The third-order valence-corrected chi connectivity index (χ3v) is 12.2. The van der Waals surface area contributed by atoms with Gasteiger partial charge in [0.15, 0.2) is 0 Å². The van der Waals surface area contributed by atoms with E-state index in [4.69, 9.17) is 32.7 Å². The zero-order chi connectivity index (χ0) is 21.7. The fraction of sp³-hybridized carbons (Fsp3) is 1.00. The molecule has 4 nitrogen and oxygen atoms in total. The van der Waals surface area contributed by atoms with Crippen LogP contribution >= 0.6 is 34.2 Å². The summed E-state index contributed by atoms with van der Waals surface area (Å²) in [5, 5.41) is 0. The zero-order valence-corrected chi connectivity index (χ0v) is 26.8. The van der Waals surface area contributed by atoms with Gasteiger partial charge >= 0.3 is 19.5 Å². The van der Waals surface area contributed by atoms with E-state index in [-0.39, 0.29) is 19.5 Å². The van der Waals surface area contributed by atoms with Crippen molar-refractivity contribution in [1.82, 2.24) is 0 Å². The van der Waals surface area contributed by atoms with E-state index in [0.717, 1.165) is 75.7 Å². The first kappa shape index (κ1) is 36.0. The summed E-state index contributed by atoms with van der Waals surface area (Å²) in [4.78, 5) is 23.2. The number of unbranched alkanes of at least 4 members (excludes halogenated alkanes) is 6. The third-order valence-electron chi connectivity index (χ3n) is 3.49. The van der Waals surface area contributed by atoms with Crippen LogP contribution in [0, 0.1) is 0 Å². The van der Waals surface area contributed by atoms with E-state index in [1.165, 1.54) is 22.8 Å². The number of hydrogen-bond donors (Lipinski definition) is 0. The topological polar surface area (TPSA) is 64.6 Å². The van der Waals surface area contributed by atoms with Gasteiger partial charge in [-0.15, -0.1) is 22.8 Å². The molecule has 0 aliphatic carbocycles. The first-order valence-corrected chi connectivity index (χ1v) is 18.9. The summed E-state index contributed by atoms with van der Waals surface area (Å²) in [5.74, 6) is 1.70. The van der Waals surface area contributed by atoms with Crippen molar-refractivity contribution in [1.29, 1.82) is 0 Å². The molecule has 0 N–H and O–H groups in total. The molecule has 0 heterocycles. The molecule has 0 aromatic carbocycles. The molecule has 11 heteroatoms. The molecular formula is C18H40O4P2S4Zn. The van der Waals surface area contributed by atoms with Gasteiger partial charge in [0.2, 0.25) is 0 Å². The summed E-state index contributed by atoms with van der Waals surface area (Å²) in [7, 11) is 0. The Balaban J connectivity index is -0.000000451. The average Bonchev–Trinajstić information content (AvgIpc) is 2.63. The van der Waals surface area contributed by atoms with Crippen molar-refractivity contribution in [2.45, 2.75) is 91.9 Å². The second-order valence-corrected chi connectivity index (χ2v) is 18.7. The Morgan fingerprint density at radius 1 is 0.621 bits per heavy atom. The second-order valence-electron chi connectivity index (χ2n) is 6.35. The minimum Gasteiger partial charge on any atom is -0.793 e. The Bertz CT molecular complexity index is 397. The number of hydrogen-bond acceptors (Lipinski definition) is 8. The molecule has 0 bridgehead atoms. The van der Waals surface area contributed by atoms with Gasteiger partial charge in [-0.3, -0.25) is 0 Å². The minimum atomic E-state index is -2.76. The second kappa shape index (κ2) is 25.1. The molecule has 0 rings (SSSR count). The molecule has 29 heavy (non-hydrogen) atoms. The van der Waals surface area contributed by atoms with Crippen LogP contribution in [0.4, 0.5) is 0 Å². The molecule has 2 atom stereocenters. The van der Waals surface area contributed by atoms with Crippen LogP contribution in [-0.4, -0.2) is 24.7 Å². The maximum Gasteiger partial charge on any atom is 2.00 e. The Labute approximate surface area is 211 Å². The Morgan fingerprint density at radius 2 is 0.931 bits per heavy atom. The van der Waals surface area contributed by atoms with E-state index >= 15 is 0 Å². The largest absolute Gasteiger partial charge is 2.00 e. The van der Waals surface area contributed by atoms with Crippen molar-refractivity contribution >= 4 is 57.8 Å².